The molecule has 0 bridgehead atoms. The summed E-state index contributed by atoms with van der Waals surface area (Å²) in [6.45, 7) is 6.21. The van der Waals surface area contributed by atoms with Crippen molar-refractivity contribution in [3.63, 3.8) is 0 Å². The zero-order chi connectivity index (χ0) is 11.5. The average molecular weight is 218 g/mol. The number of ether oxygens (including phenoxy) is 1. The standard InChI is InChI=1S/C12H20F2O/c1-4-15-9-11(5-6-11)7-8-12(13,14)10(2)3/h7-8,10H,4-6,9H2,1-3H3/b8-7+. The molecule has 0 aromatic rings. The molecule has 0 unspecified atom stereocenters. The topological polar surface area (TPSA) is 9.23 Å². The van der Waals surface area contributed by atoms with Crippen molar-refractivity contribution in [1.29, 1.82) is 0 Å². The fourth-order valence-corrected chi connectivity index (χ4v) is 1.31. The first-order valence-electron chi connectivity index (χ1n) is 5.58. The van der Waals surface area contributed by atoms with Crippen molar-refractivity contribution in [2.45, 2.75) is 39.5 Å². The van der Waals surface area contributed by atoms with Crippen LogP contribution in [0.1, 0.15) is 33.6 Å². The van der Waals surface area contributed by atoms with Gasteiger partial charge in [-0.1, -0.05) is 19.9 Å². The van der Waals surface area contributed by atoms with E-state index in [-0.39, 0.29) is 5.41 Å². The van der Waals surface area contributed by atoms with Crippen LogP contribution in [0.15, 0.2) is 12.2 Å². The van der Waals surface area contributed by atoms with Crippen LogP contribution in [0.3, 0.4) is 0 Å². The summed E-state index contributed by atoms with van der Waals surface area (Å²) in [6, 6.07) is 0. The summed E-state index contributed by atoms with van der Waals surface area (Å²) in [7, 11) is 0. The Balaban J connectivity index is 2.50. The second-order valence-corrected chi connectivity index (χ2v) is 4.66. The van der Waals surface area contributed by atoms with E-state index in [1.54, 1.807) is 6.08 Å². The lowest BCUT2D eigenvalue weighted by Gasteiger charge is -2.17. The molecule has 88 valence electrons. The van der Waals surface area contributed by atoms with Crippen LogP contribution in [0.4, 0.5) is 8.78 Å². The number of allylic oxidation sites excluding steroid dienone is 1. The van der Waals surface area contributed by atoms with Crippen molar-refractivity contribution in [2.24, 2.45) is 11.3 Å². The maximum absolute atomic E-state index is 13.3. The van der Waals surface area contributed by atoms with Crippen LogP contribution < -0.4 is 0 Å². The van der Waals surface area contributed by atoms with Gasteiger partial charge in [-0.3, -0.25) is 0 Å². The molecule has 15 heavy (non-hydrogen) atoms. The number of hydrogen-bond donors (Lipinski definition) is 0. The molecule has 0 aromatic carbocycles. The van der Waals surface area contributed by atoms with E-state index in [2.05, 4.69) is 0 Å². The molecule has 0 heterocycles. The van der Waals surface area contributed by atoms with Crippen LogP contribution in [0.5, 0.6) is 0 Å². The average Bonchev–Trinajstić information content (AvgIpc) is 2.93. The lowest BCUT2D eigenvalue weighted by Crippen LogP contribution is -2.21. The smallest absolute Gasteiger partial charge is 0.268 e. The minimum atomic E-state index is -2.69. The summed E-state index contributed by atoms with van der Waals surface area (Å²) >= 11 is 0. The van der Waals surface area contributed by atoms with Gasteiger partial charge in [0.1, 0.15) is 0 Å². The van der Waals surface area contributed by atoms with Gasteiger partial charge in [0.15, 0.2) is 0 Å². The molecule has 0 aliphatic heterocycles. The number of hydrogen-bond acceptors (Lipinski definition) is 1. The highest BCUT2D eigenvalue weighted by Crippen LogP contribution is 2.48. The summed E-state index contributed by atoms with van der Waals surface area (Å²) in [5.74, 6) is -3.33. The van der Waals surface area contributed by atoms with Crippen molar-refractivity contribution >= 4 is 0 Å². The third kappa shape index (κ3) is 3.56. The third-order valence-corrected chi connectivity index (χ3v) is 2.91. The molecule has 0 spiro atoms. The van der Waals surface area contributed by atoms with Gasteiger partial charge in [0, 0.05) is 17.9 Å². The molecule has 1 aliphatic carbocycles. The highest BCUT2D eigenvalue weighted by atomic mass is 19.3. The Morgan fingerprint density at radius 1 is 1.40 bits per heavy atom. The predicted octanol–water partition coefficient (Wildman–Crippen LogP) is 3.65. The zero-order valence-electron chi connectivity index (χ0n) is 9.72. The quantitative estimate of drug-likeness (QED) is 0.618. The van der Waals surface area contributed by atoms with E-state index in [1.165, 1.54) is 13.8 Å². The molecule has 1 aliphatic rings. The lowest BCUT2D eigenvalue weighted by molar-refractivity contribution is 0.00519. The normalized spacial score (nSPS) is 20.1. The predicted molar refractivity (Wildman–Crippen MR) is 57.1 cm³/mol. The summed E-state index contributed by atoms with van der Waals surface area (Å²) in [5.41, 5.74) is -0.0890. The van der Waals surface area contributed by atoms with Gasteiger partial charge in [0.2, 0.25) is 0 Å². The minimum Gasteiger partial charge on any atom is -0.381 e. The van der Waals surface area contributed by atoms with Gasteiger partial charge in [-0.2, -0.15) is 0 Å². The zero-order valence-corrected chi connectivity index (χ0v) is 9.72. The SMILES string of the molecule is CCOCC1(/C=C/C(F)(F)C(C)C)CC1. The van der Waals surface area contributed by atoms with Crippen LogP contribution in [0.2, 0.25) is 0 Å². The maximum atomic E-state index is 13.3. The number of rotatable bonds is 6. The second kappa shape index (κ2) is 4.60. The van der Waals surface area contributed by atoms with E-state index in [0.29, 0.717) is 13.2 Å². The van der Waals surface area contributed by atoms with Crippen LogP contribution in [-0.2, 0) is 4.74 Å². The van der Waals surface area contributed by atoms with Crippen LogP contribution in [0, 0.1) is 11.3 Å². The van der Waals surface area contributed by atoms with Crippen LogP contribution in [0.25, 0.3) is 0 Å². The van der Waals surface area contributed by atoms with Gasteiger partial charge in [0.25, 0.3) is 5.92 Å². The van der Waals surface area contributed by atoms with E-state index in [1.807, 2.05) is 6.92 Å². The molecule has 0 N–H and O–H groups in total. The Morgan fingerprint density at radius 3 is 2.40 bits per heavy atom. The Hall–Kier alpha value is -0.440. The van der Waals surface area contributed by atoms with Gasteiger partial charge < -0.3 is 4.74 Å². The first-order chi connectivity index (χ1) is 6.92. The van der Waals surface area contributed by atoms with Gasteiger partial charge >= 0.3 is 0 Å². The molecule has 0 saturated heterocycles. The van der Waals surface area contributed by atoms with Crippen molar-refractivity contribution < 1.29 is 13.5 Å². The number of halogens is 2. The molecule has 0 aromatic heterocycles. The van der Waals surface area contributed by atoms with E-state index in [9.17, 15) is 8.78 Å². The van der Waals surface area contributed by atoms with Crippen molar-refractivity contribution in [2.75, 3.05) is 13.2 Å². The Bertz CT molecular complexity index is 230. The highest BCUT2D eigenvalue weighted by Gasteiger charge is 2.42. The molecular weight excluding hydrogens is 198 g/mol. The number of alkyl halides is 2. The molecule has 1 fully saturated rings. The fraction of sp³-hybridized carbons (Fsp3) is 0.833. The first kappa shape index (κ1) is 12.6. The molecule has 1 nitrogen and oxygen atoms in total. The molecule has 1 saturated carbocycles. The van der Waals surface area contributed by atoms with Crippen molar-refractivity contribution in [1.82, 2.24) is 0 Å². The van der Waals surface area contributed by atoms with Crippen LogP contribution >= 0.6 is 0 Å². The molecule has 0 atom stereocenters. The largest absolute Gasteiger partial charge is 0.381 e. The van der Waals surface area contributed by atoms with Gasteiger partial charge in [-0.15, -0.1) is 0 Å². The second-order valence-electron chi connectivity index (χ2n) is 4.66. The van der Waals surface area contributed by atoms with Crippen molar-refractivity contribution in [3.8, 4) is 0 Å². The van der Waals surface area contributed by atoms with Crippen molar-refractivity contribution in [3.05, 3.63) is 12.2 Å². The van der Waals surface area contributed by atoms with Gasteiger partial charge in [-0.05, 0) is 25.8 Å². The van der Waals surface area contributed by atoms with Crippen LogP contribution in [-0.4, -0.2) is 19.1 Å². The fourth-order valence-electron chi connectivity index (χ4n) is 1.31. The highest BCUT2D eigenvalue weighted by molar-refractivity contribution is 5.12. The molecule has 0 amide bonds. The maximum Gasteiger partial charge on any atom is 0.268 e. The molecule has 1 rings (SSSR count). The molecule has 0 radical (unpaired) electrons. The van der Waals surface area contributed by atoms with Gasteiger partial charge in [-0.25, -0.2) is 8.78 Å². The monoisotopic (exact) mass is 218 g/mol. The summed E-state index contributed by atoms with van der Waals surface area (Å²) in [6.07, 6.45) is 4.65. The van der Waals surface area contributed by atoms with E-state index in [0.717, 1.165) is 18.9 Å². The van der Waals surface area contributed by atoms with Gasteiger partial charge in [0.05, 0.1) is 6.61 Å². The Morgan fingerprint density at radius 2 is 2.00 bits per heavy atom. The lowest BCUT2D eigenvalue weighted by atomic mass is 10.0. The van der Waals surface area contributed by atoms with E-state index >= 15 is 0 Å². The third-order valence-electron chi connectivity index (χ3n) is 2.91. The molecule has 3 heteroatoms. The van der Waals surface area contributed by atoms with E-state index < -0.39 is 11.8 Å². The minimum absolute atomic E-state index is 0.0890. The molecular formula is C12H20F2O. The Kier molecular flexibility index (Phi) is 3.87. The van der Waals surface area contributed by atoms with E-state index in [4.69, 9.17) is 4.74 Å². The summed E-state index contributed by atoms with van der Waals surface area (Å²) in [4.78, 5) is 0. The first-order valence-corrected chi connectivity index (χ1v) is 5.58. The summed E-state index contributed by atoms with van der Waals surface area (Å²) in [5, 5.41) is 0. The summed E-state index contributed by atoms with van der Waals surface area (Å²) < 4.78 is 31.9. The Labute approximate surface area is 90.5 Å².